The van der Waals surface area contributed by atoms with Gasteiger partial charge in [-0.15, -0.1) is 0 Å². The lowest BCUT2D eigenvalue weighted by Gasteiger charge is -2.28. The summed E-state index contributed by atoms with van der Waals surface area (Å²) in [5.74, 6) is 1.09. The molecule has 3 aromatic heterocycles. The van der Waals surface area contributed by atoms with E-state index in [1.807, 2.05) is 69.5 Å². The molecule has 0 N–H and O–H groups in total. The maximum atomic E-state index is 13.2. The summed E-state index contributed by atoms with van der Waals surface area (Å²) in [5, 5.41) is 4.09. The maximum absolute atomic E-state index is 13.2. The number of ether oxygens (including phenoxy) is 2. The first kappa shape index (κ1) is 20.2. The molecule has 5 rings (SSSR count). The summed E-state index contributed by atoms with van der Waals surface area (Å²) in [5.41, 5.74) is 4.01. The summed E-state index contributed by atoms with van der Waals surface area (Å²) < 4.78 is 19.3. The Kier molecular flexibility index (Phi) is 4.54. The lowest BCUT2D eigenvalue weighted by Crippen LogP contribution is -2.30. The highest BCUT2D eigenvalue weighted by Gasteiger charge is 2.35. The van der Waals surface area contributed by atoms with Crippen molar-refractivity contribution in [3.8, 4) is 16.9 Å². The van der Waals surface area contributed by atoms with Gasteiger partial charge in [-0.1, -0.05) is 11.2 Å². The Morgan fingerprint density at radius 1 is 1.19 bits per heavy atom. The highest BCUT2D eigenvalue weighted by Crippen LogP contribution is 2.44. The number of hydrogen-bond acceptors (Lipinski definition) is 7. The van der Waals surface area contributed by atoms with Gasteiger partial charge in [-0.25, -0.2) is 9.78 Å². The Bertz CT molecular complexity index is 1310. The van der Waals surface area contributed by atoms with E-state index in [4.69, 9.17) is 14.0 Å². The molecule has 1 unspecified atom stereocenters. The van der Waals surface area contributed by atoms with Crippen LogP contribution in [0, 0.1) is 13.8 Å². The number of pyridine rings is 1. The second-order valence-electron chi connectivity index (χ2n) is 8.90. The topological polar surface area (TPSA) is 92.3 Å². The first-order valence-electron chi connectivity index (χ1n) is 10.5. The Morgan fingerprint density at radius 2 is 2.00 bits per heavy atom. The van der Waals surface area contributed by atoms with E-state index in [0.717, 1.165) is 28.0 Å². The molecule has 0 saturated heterocycles. The van der Waals surface area contributed by atoms with Gasteiger partial charge in [-0.3, -0.25) is 4.98 Å². The van der Waals surface area contributed by atoms with Gasteiger partial charge >= 0.3 is 5.97 Å². The molecule has 0 saturated carbocycles. The Morgan fingerprint density at radius 3 is 2.66 bits per heavy atom. The van der Waals surface area contributed by atoms with Crippen molar-refractivity contribution in [1.82, 2.24) is 19.7 Å². The molecule has 0 amide bonds. The fourth-order valence-corrected chi connectivity index (χ4v) is 4.17. The van der Waals surface area contributed by atoms with Crippen LogP contribution in [-0.2, 0) is 4.74 Å². The molecule has 1 aromatic carbocycles. The molecule has 32 heavy (non-hydrogen) atoms. The minimum absolute atomic E-state index is 0.228. The van der Waals surface area contributed by atoms with Crippen LogP contribution in [-0.4, -0.2) is 37.9 Å². The maximum Gasteiger partial charge on any atom is 0.375 e. The molecule has 8 heteroatoms. The lowest BCUT2D eigenvalue weighted by molar-refractivity contribution is 0.00482. The molecule has 1 aliphatic rings. The number of nitrogens with zero attached hydrogens (tertiary/aromatic N) is 4. The number of esters is 1. The minimum atomic E-state index is -0.647. The summed E-state index contributed by atoms with van der Waals surface area (Å²) in [6.07, 6.45) is 1.73. The number of carbonyl (C=O) groups excluding carboxylic acids is 1. The van der Waals surface area contributed by atoms with Crippen LogP contribution in [0.5, 0.6) is 5.75 Å². The van der Waals surface area contributed by atoms with Gasteiger partial charge in [-0.05, 0) is 58.9 Å². The zero-order valence-electron chi connectivity index (χ0n) is 18.7. The van der Waals surface area contributed by atoms with Crippen LogP contribution in [0.15, 0.2) is 41.1 Å². The van der Waals surface area contributed by atoms with Crippen LogP contribution >= 0.6 is 0 Å². The second-order valence-corrected chi connectivity index (χ2v) is 8.90. The van der Waals surface area contributed by atoms with Gasteiger partial charge in [0.05, 0.1) is 22.5 Å². The number of carbonyl (C=O) groups is 1. The average Bonchev–Trinajstić information content (AvgIpc) is 3.30. The van der Waals surface area contributed by atoms with Gasteiger partial charge in [0.1, 0.15) is 29.5 Å². The lowest BCUT2D eigenvalue weighted by atomic mass is 10.0. The molecule has 0 fully saturated rings. The zero-order valence-corrected chi connectivity index (χ0v) is 18.7. The van der Waals surface area contributed by atoms with Crippen LogP contribution in [0.4, 0.5) is 0 Å². The van der Waals surface area contributed by atoms with Crippen molar-refractivity contribution in [1.29, 1.82) is 0 Å². The highest BCUT2D eigenvalue weighted by atomic mass is 16.6. The smallest absolute Gasteiger partial charge is 0.375 e. The van der Waals surface area contributed by atoms with E-state index in [9.17, 15) is 4.79 Å². The molecular weight excluding hydrogens is 408 g/mol. The number of rotatable bonds is 3. The molecular formula is C24H24N4O4. The van der Waals surface area contributed by atoms with Crippen LogP contribution in [0.1, 0.15) is 54.6 Å². The standard InChI is InChI=1S/C24H24N4O4/c1-13-19(14(2)32-27-13)15-9-10-17-20-21(15)30-12-18(16-8-6-7-11-25-16)28(20)22(26-17)23(29)31-24(3,4)5/h6-11,18H,12H2,1-5H3. The third-order valence-corrected chi connectivity index (χ3v) is 5.42. The van der Waals surface area contributed by atoms with E-state index in [1.165, 1.54) is 0 Å². The first-order valence-corrected chi connectivity index (χ1v) is 10.5. The Hall–Kier alpha value is -3.68. The van der Waals surface area contributed by atoms with E-state index in [-0.39, 0.29) is 11.9 Å². The van der Waals surface area contributed by atoms with E-state index >= 15 is 0 Å². The third kappa shape index (κ3) is 3.23. The number of hydrogen-bond donors (Lipinski definition) is 0. The van der Waals surface area contributed by atoms with Gasteiger partial charge in [-0.2, -0.15) is 0 Å². The summed E-state index contributed by atoms with van der Waals surface area (Å²) >= 11 is 0. The predicted octanol–water partition coefficient (Wildman–Crippen LogP) is 4.64. The quantitative estimate of drug-likeness (QED) is 0.435. The Labute approximate surface area is 185 Å². The largest absolute Gasteiger partial charge is 0.488 e. The van der Waals surface area contributed by atoms with Crippen molar-refractivity contribution < 1.29 is 18.8 Å². The fraction of sp³-hybridized carbons (Fsp3) is 0.333. The van der Waals surface area contributed by atoms with Crippen molar-refractivity contribution in [3.05, 3.63) is 59.5 Å². The monoisotopic (exact) mass is 432 g/mol. The van der Waals surface area contributed by atoms with Crippen molar-refractivity contribution >= 4 is 17.0 Å². The van der Waals surface area contributed by atoms with Crippen molar-refractivity contribution in [2.45, 2.75) is 46.3 Å². The van der Waals surface area contributed by atoms with Crippen LogP contribution in [0.25, 0.3) is 22.2 Å². The fourth-order valence-electron chi connectivity index (χ4n) is 4.17. The van der Waals surface area contributed by atoms with E-state index in [2.05, 4.69) is 15.1 Å². The average molecular weight is 432 g/mol. The minimum Gasteiger partial charge on any atom is -0.488 e. The Balaban J connectivity index is 1.78. The van der Waals surface area contributed by atoms with Crippen molar-refractivity contribution in [2.24, 2.45) is 0 Å². The summed E-state index contributed by atoms with van der Waals surface area (Å²) in [4.78, 5) is 22.3. The first-order chi connectivity index (χ1) is 15.2. The molecule has 0 spiro atoms. The number of imidazole rings is 1. The van der Waals surface area contributed by atoms with Crippen LogP contribution in [0.2, 0.25) is 0 Å². The highest BCUT2D eigenvalue weighted by molar-refractivity contribution is 5.97. The molecule has 4 aromatic rings. The van der Waals surface area contributed by atoms with Gasteiger partial charge in [0, 0.05) is 11.8 Å². The number of benzene rings is 1. The molecule has 4 heterocycles. The number of aryl methyl sites for hydroxylation is 2. The van der Waals surface area contributed by atoms with Gasteiger partial charge in [0.15, 0.2) is 5.75 Å². The van der Waals surface area contributed by atoms with Crippen LogP contribution in [0.3, 0.4) is 0 Å². The normalized spacial score (nSPS) is 15.6. The third-order valence-electron chi connectivity index (χ3n) is 5.42. The van der Waals surface area contributed by atoms with Gasteiger partial charge < -0.3 is 18.6 Å². The molecule has 0 bridgehead atoms. The van der Waals surface area contributed by atoms with E-state index < -0.39 is 11.6 Å². The molecule has 1 aliphatic heterocycles. The molecule has 1 atom stereocenters. The van der Waals surface area contributed by atoms with Crippen LogP contribution < -0.4 is 4.74 Å². The summed E-state index contributed by atoms with van der Waals surface area (Å²) in [6.45, 7) is 9.57. The molecule has 8 nitrogen and oxygen atoms in total. The van der Waals surface area contributed by atoms with E-state index in [1.54, 1.807) is 6.20 Å². The number of aromatic nitrogens is 4. The zero-order chi connectivity index (χ0) is 22.6. The molecule has 164 valence electrons. The van der Waals surface area contributed by atoms with Crippen molar-refractivity contribution in [2.75, 3.05) is 6.61 Å². The van der Waals surface area contributed by atoms with Gasteiger partial charge in [0.25, 0.3) is 0 Å². The predicted molar refractivity (Wildman–Crippen MR) is 118 cm³/mol. The summed E-state index contributed by atoms with van der Waals surface area (Å²) in [6, 6.07) is 9.18. The summed E-state index contributed by atoms with van der Waals surface area (Å²) in [7, 11) is 0. The molecule has 0 radical (unpaired) electrons. The van der Waals surface area contributed by atoms with Gasteiger partial charge in [0.2, 0.25) is 5.82 Å². The van der Waals surface area contributed by atoms with E-state index in [0.29, 0.717) is 23.6 Å². The second kappa shape index (κ2) is 7.19. The molecule has 0 aliphatic carbocycles. The van der Waals surface area contributed by atoms with Crippen molar-refractivity contribution in [3.63, 3.8) is 0 Å². The SMILES string of the molecule is Cc1noc(C)c1-c1ccc2nc(C(=O)OC(C)(C)C)n3c2c1OCC3c1ccccn1.